The molecule has 20 heavy (non-hydrogen) atoms. The van der Waals surface area contributed by atoms with E-state index in [-0.39, 0.29) is 12.3 Å². The quantitative estimate of drug-likeness (QED) is 0.690. The van der Waals surface area contributed by atoms with Crippen molar-refractivity contribution in [1.29, 1.82) is 0 Å². The van der Waals surface area contributed by atoms with Gasteiger partial charge in [-0.25, -0.2) is 4.98 Å². The first-order valence-corrected chi connectivity index (χ1v) is 6.41. The van der Waals surface area contributed by atoms with Crippen LogP contribution < -0.4 is 5.32 Å². The Hall–Kier alpha value is -2.15. The molecule has 1 saturated carbocycles. The summed E-state index contributed by atoms with van der Waals surface area (Å²) in [5.74, 6) is -0.564. The summed E-state index contributed by atoms with van der Waals surface area (Å²) in [6.07, 6.45) is 0.286. The Labute approximate surface area is 118 Å². The molecule has 104 valence electrons. The molecule has 2 aromatic rings. The molecule has 7 nitrogen and oxygen atoms in total. The number of carbonyl (C=O) groups excluding carboxylic acids is 1. The van der Waals surface area contributed by atoms with Crippen LogP contribution in [0.3, 0.4) is 0 Å². The molecule has 3 rings (SSSR count). The molecule has 1 aromatic heterocycles. The Balaban J connectivity index is 1.83. The van der Waals surface area contributed by atoms with Crippen molar-refractivity contribution in [2.24, 2.45) is 13.0 Å². The number of carbonyl (C=O) groups is 1. The van der Waals surface area contributed by atoms with Crippen LogP contribution in [0.1, 0.15) is 6.42 Å². The third-order valence-electron chi connectivity index (χ3n) is 3.44. The fourth-order valence-electron chi connectivity index (χ4n) is 2.18. The van der Waals surface area contributed by atoms with Crippen LogP contribution in [0.5, 0.6) is 0 Å². The molecule has 1 heterocycles. The number of nitrogens with zero attached hydrogens (tertiary/aromatic N) is 3. The number of aromatic nitrogens is 2. The lowest BCUT2D eigenvalue weighted by molar-refractivity contribution is -0.497. The lowest BCUT2D eigenvalue weighted by atomic mass is 10.3. The van der Waals surface area contributed by atoms with E-state index in [0.29, 0.717) is 16.5 Å². The van der Waals surface area contributed by atoms with Gasteiger partial charge < -0.3 is 4.57 Å². The monoisotopic (exact) mass is 294 g/mol. The molecule has 8 heteroatoms. The van der Waals surface area contributed by atoms with Crippen LogP contribution in [0.2, 0.25) is 5.02 Å². The molecule has 1 amide bonds. The van der Waals surface area contributed by atoms with Crippen LogP contribution in [0.15, 0.2) is 18.2 Å². The van der Waals surface area contributed by atoms with E-state index >= 15 is 0 Å². The lowest BCUT2D eigenvalue weighted by Gasteiger charge is -2.03. The number of nitrogens with one attached hydrogen (secondary N) is 1. The maximum absolute atomic E-state index is 11.9. The van der Waals surface area contributed by atoms with E-state index in [1.54, 1.807) is 29.8 Å². The number of fused-ring (bicyclic) bond motifs is 1. The highest BCUT2D eigenvalue weighted by molar-refractivity contribution is 6.31. The second kappa shape index (κ2) is 4.45. The predicted molar refractivity (Wildman–Crippen MR) is 73.2 cm³/mol. The highest BCUT2D eigenvalue weighted by atomic mass is 35.5. The number of aryl methyl sites for hydroxylation is 1. The van der Waals surface area contributed by atoms with E-state index in [1.165, 1.54) is 0 Å². The number of benzene rings is 1. The van der Waals surface area contributed by atoms with E-state index in [2.05, 4.69) is 10.3 Å². The van der Waals surface area contributed by atoms with Crippen LogP contribution in [0.4, 0.5) is 5.95 Å². The maximum Gasteiger partial charge on any atom is 0.237 e. The van der Waals surface area contributed by atoms with Gasteiger partial charge in [0, 0.05) is 23.4 Å². The molecule has 0 radical (unpaired) electrons. The molecule has 1 aliphatic rings. The topological polar surface area (TPSA) is 90.1 Å². The van der Waals surface area contributed by atoms with Gasteiger partial charge in [0.25, 0.3) is 0 Å². The zero-order valence-electron chi connectivity index (χ0n) is 10.5. The number of imidazole rings is 1. The van der Waals surface area contributed by atoms with Gasteiger partial charge in [-0.05, 0) is 18.2 Å². The Bertz CT molecular complexity index is 727. The average Bonchev–Trinajstić information content (AvgIpc) is 3.12. The lowest BCUT2D eigenvalue weighted by Crippen LogP contribution is -2.20. The van der Waals surface area contributed by atoms with E-state index in [0.717, 1.165) is 5.52 Å². The van der Waals surface area contributed by atoms with E-state index < -0.39 is 16.9 Å². The molecular formula is C12H11ClN4O3. The van der Waals surface area contributed by atoms with Gasteiger partial charge in [-0.2, -0.15) is 0 Å². The third kappa shape index (κ3) is 2.09. The fourth-order valence-corrected chi connectivity index (χ4v) is 2.35. The van der Waals surface area contributed by atoms with Crippen molar-refractivity contribution >= 4 is 34.5 Å². The summed E-state index contributed by atoms with van der Waals surface area (Å²) >= 11 is 5.89. The summed E-state index contributed by atoms with van der Waals surface area (Å²) in [4.78, 5) is 26.3. The van der Waals surface area contributed by atoms with Crippen molar-refractivity contribution in [3.63, 3.8) is 0 Å². The van der Waals surface area contributed by atoms with E-state index in [1.807, 2.05) is 0 Å². The first kappa shape index (κ1) is 12.9. The van der Waals surface area contributed by atoms with Crippen molar-refractivity contribution in [2.75, 3.05) is 5.32 Å². The minimum atomic E-state index is -0.765. The van der Waals surface area contributed by atoms with Gasteiger partial charge in [0.15, 0.2) is 0 Å². The van der Waals surface area contributed by atoms with Gasteiger partial charge in [0.1, 0.15) is 5.92 Å². The average molecular weight is 295 g/mol. The summed E-state index contributed by atoms with van der Waals surface area (Å²) in [7, 11) is 1.76. The van der Waals surface area contributed by atoms with Gasteiger partial charge in [0.2, 0.25) is 17.9 Å². The first-order chi connectivity index (χ1) is 9.47. The molecule has 1 N–H and O–H groups in total. The Morgan fingerprint density at radius 2 is 2.35 bits per heavy atom. The SMILES string of the molecule is Cn1c(NC(=O)[C@@H]2C[C@H]2[N+](=O)[O-])nc2cc(Cl)ccc21. The minimum Gasteiger partial charge on any atom is -0.313 e. The van der Waals surface area contributed by atoms with Gasteiger partial charge in [0.05, 0.1) is 11.0 Å². The summed E-state index contributed by atoms with van der Waals surface area (Å²) in [6.45, 7) is 0. The van der Waals surface area contributed by atoms with Crippen LogP contribution >= 0.6 is 11.6 Å². The smallest absolute Gasteiger partial charge is 0.237 e. The molecule has 0 unspecified atom stereocenters. The standard InChI is InChI=1S/C12H11ClN4O3/c1-16-9-3-2-6(13)4-8(9)14-12(16)15-11(18)7-5-10(7)17(19)20/h2-4,7,10H,5H2,1H3,(H,14,15,18)/t7-,10-/m1/s1. The summed E-state index contributed by atoms with van der Waals surface area (Å²) in [6, 6.07) is 4.47. The summed E-state index contributed by atoms with van der Waals surface area (Å²) < 4.78 is 1.72. The van der Waals surface area contributed by atoms with Gasteiger partial charge >= 0.3 is 0 Å². The van der Waals surface area contributed by atoms with E-state index in [9.17, 15) is 14.9 Å². The molecule has 2 atom stereocenters. The van der Waals surface area contributed by atoms with Crippen molar-refractivity contribution in [1.82, 2.24) is 9.55 Å². The molecule has 0 bridgehead atoms. The largest absolute Gasteiger partial charge is 0.313 e. The Morgan fingerprint density at radius 3 is 3.00 bits per heavy atom. The maximum atomic E-state index is 11.9. The van der Waals surface area contributed by atoms with Crippen LogP contribution in [-0.4, -0.2) is 26.4 Å². The van der Waals surface area contributed by atoms with Crippen molar-refractivity contribution in [2.45, 2.75) is 12.5 Å². The first-order valence-electron chi connectivity index (χ1n) is 6.03. The second-order valence-corrected chi connectivity index (χ2v) is 5.25. The van der Waals surface area contributed by atoms with Crippen molar-refractivity contribution in [3.8, 4) is 0 Å². The molecule has 0 aliphatic heterocycles. The number of halogens is 1. The van der Waals surface area contributed by atoms with Crippen LogP contribution in [0, 0.1) is 16.0 Å². The number of anilines is 1. The highest BCUT2D eigenvalue weighted by Gasteiger charge is 2.53. The molecular weight excluding hydrogens is 284 g/mol. The van der Waals surface area contributed by atoms with Crippen molar-refractivity contribution < 1.29 is 9.72 Å². The Kier molecular flexibility index (Phi) is 2.86. The van der Waals surface area contributed by atoms with Gasteiger partial charge in [-0.1, -0.05) is 11.6 Å². The summed E-state index contributed by atoms with van der Waals surface area (Å²) in [5.41, 5.74) is 1.49. The summed E-state index contributed by atoms with van der Waals surface area (Å²) in [5, 5.41) is 13.8. The predicted octanol–water partition coefficient (Wildman–Crippen LogP) is 1.83. The number of hydrogen-bond donors (Lipinski definition) is 1. The molecule has 0 spiro atoms. The fraction of sp³-hybridized carbons (Fsp3) is 0.333. The number of hydrogen-bond acceptors (Lipinski definition) is 4. The zero-order chi connectivity index (χ0) is 14.4. The third-order valence-corrected chi connectivity index (χ3v) is 3.68. The number of rotatable bonds is 3. The number of amides is 1. The second-order valence-electron chi connectivity index (χ2n) is 4.81. The normalized spacial score (nSPS) is 20.9. The number of nitro groups is 1. The molecule has 1 aromatic carbocycles. The van der Waals surface area contributed by atoms with Crippen molar-refractivity contribution in [3.05, 3.63) is 33.3 Å². The van der Waals surface area contributed by atoms with Crippen LogP contribution in [-0.2, 0) is 11.8 Å². The zero-order valence-corrected chi connectivity index (χ0v) is 11.3. The Morgan fingerprint density at radius 1 is 1.60 bits per heavy atom. The van der Waals surface area contributed by atoms with Crippen LogP contribution in [0.25, 0.3) is 11.0 Å². The molecule has 1 fully saturated rings. The van der Waals surface area contributed by atoms with Gasteiger partial charge in [-0.15, -0.1) is 0 Å². The van der Waals surface area contributed by atoms with E-state index in [4.69, 9.17) is 11.6 Å². The minimum absolute atomic E-state index is 0.286. The molecule has 0 saturated heterocycles. The molecule has 1 aliphatic carbocycles. The highest BCUT2D eigenvalue weighted by Crippen LogP contribution is 2.34. The van der Waals surface area contributed by atoms with Gasteiger partial charge in [-0.3, -0.25) is 20.2 Å².